The van der Waals surface area contributed by atoms with E-state index in [0.29, 0.717) is 0 Å². The minimum atomic E-state index is -0.442. The average Bonchev–Trinajstić information content (AvgIpc) is 2.33. The maximum absolute atomic E-state index is 11.5. The number of hydrogen-bond donors (Lipinski definition) is 1. The van der Waals surface area contributed by atoms with E-state index in [1.54, 1.807) is 0 Å². The first-order valence-corrected chi connectivity index (χ1v) is 6.55. The molecule has 0 aliphatic rings. The molecule has 3 nitrogen and oxygen atoms in total. The Balaban J connectivity index is 2.35. The van der Waals surface area contributed by atoms with Crippen molar-refractivity contribution < 1.29 is 9.53 Å². The topological polar surface area (TPSA) is 38.3 Å². The Morgan fingerprint density at radius 3 is 2.53 bits per heavy atom. The molecule has 1 aromatic rings. The molecule has 3 heteroatoms. The summed E-state index contributed by atoms with van der Waals surface area (Å²) >= 11 is 0. The van der Waals surface area contributed by atoms with Gasteiger partial charge in [-0.05, 0) is 33.3 Å². The second-order valence-corrected chi connectivity index (χ2v) is 5.55. The van der Waals surface area contributed by atoms with E-state index in [0.717, 1.165) is 6.54 Å². The molecule has 1 atom stereocenters. The fraction of sp³-hybridized carbons (Fsp3) is 0.438. The summed E-state index contributed by atoms with van der Waals surface area (Å²) in [6.45, 7) is 8.35. The summed E-state index contributed by atoms with van der Waals surface area (Å²) in [6.07, 6.45) is 3.30. The van der Waals surface area contributed by atoms with Crippen LogP contribution in [0.3, 0.4) is 0 Å². The molecular weight excluding hydrogens is 238 g/mol. The minimum Gasteiger partial charge on any atom is -0.457 e. The highest BCUT2D eigenvalue weighted by molar-refractivity contribution is 5.82. The van der Waals surface area contributed by atoms with Gasteiger partial charge in [0.25, 0.3) is 0 Å². The Morgan fingerprint density at radius 1 is 1.32 bits per heavy atom. The van der Waals surface area contributed by atoms with Crippen molar-refractivity contribution in [2.45, 2.75) is 45.9 Å². The molecule has 0 saturated carbocycles. The Morgan fingerprint density at radius 2 is 1.95 bits per heavy atom. The highest BCUT2D eigenvalue weighted by Gasteiger charge is 2.13. The SMILES string of the molecule is C[C@@H](/C=C/C(=O)OC(C)(C)C)NCc1ccccc1. The molecule has 0 spiro atoms. The number of hydrogen-bond acceptors (Lipinski definition) is 3. The molecule has 0 heterocycles. The van der Waals surface area contributed by atoms with Gasteiger partial charge in [0.2, 0.25) is 0 Å². The van der Waals surface area contributed by atoms with Crippen LogP contribution in [-0.4, -0.2) is 17.6 Å². The molecule has 1 N–H and O–H groups in total. The number of ether oxygens (including phenoxy) is 1. The van der Waals surface area contributed by atoms with Gasteiger partial charge in [-0.25, -0.2) is 4.79 Å². The highest BCUT2D eigenvalue weighted by Crippen LogP contribution is 2.07. The van der Waals surface area contributed by atoms with Crippen molar-refractivity contribution in [2.75, 3.05) is 0 Å². The van der Waals surface area contributed by atoms with Crippen LogP contribution in [-0.2, 0) is 16.1 Å². The Bertz CT molecular complexity index is 418. The predicted octanol–water partition coefficient (Wildman–Crippen LogP) is 3.06. The molecule has 0 fully saturated rings. The highest BCUT2D eigenvalue weighted by atomic mass is 16.6. The number of carbonyl (C=O) groups excluding carboxylic acids is 1. The van der Waals surface area contributed by atoms with E-state index >= 15 is 0 Å². The average molecular weight is 261 g/mol. The smallest absolute Gasteiger partial charge is 0.330 e. The van der Waals surface area contributed by atoms with Crippen molar-refractivity contribution in [3.05, 3.63) is 48.0 Å². The number of rotatable bonds is 5. The van der Waals surface area contributed by atoms with Gasteiger partial charge in [-0.3, -0.25) is 0 Å². The monoisotopic (exact) mass is 261 g/mol. The second-order valence-electron chi connectivity index (χ2n) is 5.55. The summed E-state index contributed by atoms with van der Waals surface area (Å²) in [5.74, 6) is -0.305. The molecule has 1 rings (SSSR count). The molecule has 1 aromatic carbocycles. The molecule has 0 bridgehead atoms. The van der Waals surface area contributed by atoms with Crippen LogP contribution in [0.5, 0.6) is 0 Å². The lowest BCUT2D eigenvalue weighted by Gasteiger charge is -2.18. The number of nitrogens with one attached hydrogen (secondary N) is 1. The van der Waals surface area contributed by atoms with Crippen molar-refractivity contribution in [3.63, 3.8) is 0 Å². The normalized spacial score (nSPS) is 13.5. The lowest BCUT2D eigenvalue weighted by Crippen LogP contribution is -2.25. The number of benzene rings is 1. The molecule has 0 aliphatic carbocycles. The van der Waals surface area contributed by atoms with Gasteiger partial charge in [0.05, 0.1) is 0 Å². The van der Waals surface area contributed by atoms with Crippen LogP contribution in [0.1, 0.15) is 33.3 Å². The van der Waals surface area contributed by atoms with E-state index in [2.05, 4.69) is 17.4 Å². The molecule has 0 amide bonds. The number of esters is 1. The molecule has 0 aliphatic heterocycles. The summed E-state index contributed by atoms with van der Waals surface area (Å²) in [4.78, 5) is 11.5. The van der Waals surface area contributed by atoms with E-state index in [4.69, 9.17) is 4.74 Å². The summed E-state index contributed by atoms with van der Waals surface area (Å²) in [5, 5.41) is 3.32. The van der Waals surface area contributed by atoms with Gasteiger partial charge in [0.15, 0.2) is 0 Å². The fourth-order valence-electron chi connectivity index (χ4n) is 1.50. The van der Waals surface area contributed by atoms with Gasteiger partial charge in [-0.15, -0.1) is 0 Å². The Hall–Kier alpha value is -1.61. The second kappa shape index (κ2) is 7.10. The molecule has 0 unspecified atom stereocenters. The van der Waals surface area contributed by atoms with Crippen LogP contribution in [0.2, 0.25) is 0 Å². The van der Waals surface area contributed by atoms with Crippen LogP contribution in [0.25, 0.3) is 0 Å². The summed E-state index contributed by atoms with van der Waals surface area (Å²) < 4.78 is 5.20. The van der Waals surface area contributed by atoms with Crippen molar-refractivity contribution in [1.29, 1.82) is 0 Å². The zero-order valence-corrected chi connectivity index (χ0v) is 12.1. The van der Waals surface area contributed by atoms with Gasteiger partial charge >= 0.3 is 5.97 Å². The largest absolute Gasteiger partial charge is 0.457 e. The molecule has 104 valence electrons. The van der Waals surface area contributed by atoms with E-state index in [1.165, 1.54) is 11.6 Å². The van der Waals surface area contributed by atoms with E-state index < -0.39 is 5.60 Å². The molecular formula is C16H23NO2. The lowest BCUT2D eigenvalue weighted by molar-refractivity contribution is -0.148. The van der Waals surface area contributed by atoms with Gasteiger partial charge < -0.3 is 10.1 Å². The standard InChI is InChI=1S/C16H23NO2/c1-13(10-11-15(18)19-16(2,3)4)17-12-14-8-6-5-7-9-14/h5-11,13,17H,12H2,1-4H3/b11-10+/t13-/m0/s1. The quantitative estimate of drug-likeness (QED) is 0.654. The van der Waals surface area contributed by atoms with Gasteiger partial charge in [-0.1, -0.05) is 36.4 Å². The fourth-order valence-corrected chi connectivity index (χ4v) is 1.50. The van der Waals surface area contributed by atoms with Crippen molar-refractivity contribution >= 4 is 5.97 Å². The maximum atomic E-state index is 11.5. The molecule has 0 aromatic heterocycles. The molecule has 0 radical (unpaired) electrons. The van der Waals surface area contributed by atoms with Gasteiger partial charge in [0, 0.05) is 18.7 Å². The first-order chi connectivity index (χ1) is 8.87. The summed E-state index contributed by atoms with van der Waals surface area (Å²) in [5.41, 5.74) is 0.780. The van der Waals surface area contributed by atoms with Crippen LogP contribution in [0.4, 0.5) is 0 Å². The van der Waals surface area contributed by atoms with Crippen LogP contribution >= 0.6 is 0 Å². The zero-order chi connectivity index (χ0) is 14.3. The maximum Gasteiger partial charge on any atom is 0.330 e. The third kappa shape index (κ3) is 7.42. The summed E-state index contributed by atoms with van der Waals surface area (Å²) in [6, 6.07) is 10.3. The van der Waals surface area contributed by atoms with Crippen LogP contribution in [0.15, 0.2) is 42.5 Å². The lowest BCUT2D eigenvalue weighted by atomic mass is 10.2. The molecule has 0 saturated heterocycles. The van der Waals surface area contributed by atoms with Crippen molar-refractivity contribution in [2.24, 2.45) is 0 Å². The zero-order valence-electron chi connectivity index (χ0n) is 12.1. The predicted molar refractivity (Wildman–Crippen MR) is 77.7 cm³/mol. The van der Waals surface area contributed by atoms with Gasteiger partial charge in [0.1, 0.15) is 5.60 Å². The van der Waals surface area contributed by atoms with Crippen LogP contribution < -0.4 is 5.32 Å². The Kier molecular flexibility index (Phi) is 5.77. The van der Waals surface area contributed by atoms with Crippen molar-refractivity contribution in [3.8, 4) is 0 Å². The first kappa shape index (κ1) is 15.4. The van der Waals surface area contributed by atoms with E-state index in [-0.39, 0.29) is 12.0 Å². The van der Waals surface area contributed by atoms with Gasteiger partial charge in [-0.2, -0.15) is 0 Å². The van der Waals surface area contributed by atoms with Crippen molar-refractivity contribution in [1.82, 2.24) is 5.32 Å². The number of carbonyl (C=O) groups is 1. The first-order valence-electron chi connectivity index (χ1n) is 6.55. The van der Waals surface area contributed by atoms with Crippen LogP contribution in [0, 0.1) is 0 Å². The third-order valence-electron chi connectivity index (χ3n) is 2.40. The van der Waals surface area contributed by atoms with E-state index in [9.17, 15) is 4.79 Å². The minimum absolute atomic E-state index is 0.118. The summed E-state index contributed by atoms with van der Waals surface area (Å²) in [7, 11) is 0. The Labute approximate surface area is 115 Å². The van der Waals surface area contributed by atoms with E-state index in [1.807, 2.05) is 52.0 Å². The third-order valence-corrected chi connectivity index (χ3v) is 2.40. The molecule has 19 heavy (non-hydrogen) atoms.